The van der Waals surface area contributed by atoms with Crippen LogP contribution in [0.15, 0.2) is 36.4 Å². The molecule has 0 aliphatic heterocycles. The highest BCUT2D eigenvalue weighted by Crippen LogP contribution is 2.28. The molecule has 0 fully saturated rings. The fourth-order valence-corrected chi connectivity index (χ4v) is 2.18. The summed E-state index contributed by atoms with van der Waals surface area (Å²) in [4.78, 5) is 0. The molecule has 0 aromatic heterocycles. The van der Waals surface area contributed by atoms with E-state index in [1.165, 1.54) is 33.4 Å². The SMILES string of the molecule is Cc1ccc(C)c(-c2ccc(CN)cc2C)c1. The molecule has 0 atom stereocenters. The van der Waals surface area contributed by atoms with Crippen molar-refractivity contribution in [3.8, 4) is 11.1 Å². The van der Waals surface area contributed by atoms with Crippen molar-refractivity contribution in [1.82, 2.24) is 0 Å². The van der Waals surface area contributed by atoms with Crippen molar-refractivity contribution in [2.24, 2.45) is 5.73 Å². The van der Waals surface area contributed by atoms with Crippen molar-refractivity contribution in [1.29, 1.82) is 0 Å². The smallest absolute Gasteiger partial charge is 0.0178 e. The Morgan fingerprint density at radius 2 is 1.59 bits per heavy atom. The molecular weight excluding hydrogens is 206 g/mol. The van der Waals surface area contributed by atoms with Crippen molar-refractivity contribution in [2.45, 2.75) is 27.3 Å². The average molecular weight is 225 g/mol. The second-order valence-electron chi connectivity index (χ2n) is 4.67. The normalized spacial score (nSPS) is 10.6. The zero-order valence-electron chi connectivity index (χ0n) is 10.7. The minimum atomic E-state index is 0.605. The van der Waals surface area contributed by atoms with Gasteiger partial charge in [0.15, 0.2) is 0 Å². The highest BCUT2D eigenvalue weighted by Gasteiger charge is 2.05. The number of hydrogen-bond donors (Lipinski definition) is 1. The summed E-state index contributed by atoms with van der Waals surface area (Å²) < 4.78 is 0. The maximum atomic E-state index is 5.66. The average Bonchev–Trinajstić information content (AvgIpc) is 2.32. The standard InChI is InChI=1S/C16H19N/c1-11-4-5-12(2)16(8-11)15-7-6-14(10-17)9-13(15)3/h4-9H,10,17H2,1-3H3. The van der Waals surface area contributed by atoms with E-state index in [-0.39, 0.29) is 0 Å². The number of benzene rings is 2. The van der Waals surface area contributed by atoms with E-state index in [4.69, 9.17) is 5.73 Å². The van der Waals surface area contributed by atoms with Gasteiger partial charge in [-0.05, 0) is 48.6 Å². The van der Waals surface area contributed by atoms with Gasteiger partial charge in [-0.3, -0.25) is 0 Å². The maximum Gasteiger partial charge on any atom is 0.0178 e. The predicted molar refractivity (Wildman–Crippen MR) is 74.0 cm³/mol. The molecule has 2 rings (SSSR count). The van der Waals surface area contributed by atoms with Crippen LogP contribution in [0.2, 0.25) is 0 Å². The summed E-state index contributed by atoms with van der Waals surface area (Å²) >= 11 is 0. The minimum absolute atomic E-state index is 0.605. The molecule has 0 saturated heterocycles. The van der Waals surface area contributed by atoms with Gasteiger partial charge in [0.05, 0.1) is 0 Å². The first-order valence-corrected chi connectivity index (χ1v) is 5.99. The summed E-state index contributed by atoms with van der Waals surface area (Å²) in [5, 5.41) is 0. The Labute approximate surface area is 103 Å². The first-order chi connectivity index (χ1) is 8.11. The lowest BCUT2D eigenvalue weighted by Gasteiger charge is -2.11. The molecule has 0 aliphatic carbocycles. The van der Waals surface area contributed by atoms with Crippen LogP contribution in [-0.4, -0.2) is 0 Å². The van der Waals surface area contributed by atoms with Gasteiger partial charge in [-0.25, -0.2) is 0 Å². The van der Waals surface area contributed by atoms with Gasteiger partial charge < -0.3 is 5.73 Å². The van der Waals surface area contributed by atoms with Crippen LogP contribution in [0.25, 0.3) is 11.1 Å². The van der Waals surface area contributed by atoms with Crippen LogP contribution in [0.5, 0.6) is 0 Å². The van der Waals surface area contributed by atoms with Crippen molar-refractivity contribution in [2.75, 3.05) is 0 Å². The van der Waals surface area contributed by atoms with Crippen LogP contribution in [-0.2, 0) is 6.54 Å². The van der Waals surface area contributed by atoms with E-state index < -0.39 is 0 Å². The summed E-state index contributed by atoms with van der Waals surface area (Å²) in [6.07, 6.45) is 0. The van der Waals surface area contributed by atoms with Crippen LogP contribution in [0.4, 0.5) is 0 Å². The zero-order chi connectivity index (χ0) is 12.4. The molecule has 1 nitrogen and oxygen atoms in total. The summed E-state index contributed by atoms with van der Waals surface area (Å²) in [6, 6.07) is 13.1. The Balaban J connectivity index is 2.56. The maximum absolute atomic E-state index is 5.66. The molecule has 2 aromatic rings. The monoisotopic (exact) mass is 225 g/mol. The van der Waals surface area contributed by atoms with Crippen molar-refractivity contribution < 1.29 is 0 Å². The Bertz CT molecular complexity index is 541. The second-order valence-corrected chi connectivity index (χ2v) is 4.67. The topological polar surface area (TPSA) is 26.0 Å². The quantitative estimate of drug-likeness (QED) is 0.828. The summed E-state index contributed by atoms with van der Waals surface area (Å²) in [5.41, 5.74) is 13.4. The molecule has 0 heterocycles. The molecule has 88 valence electrons. The van der Waals surface area contributed by atoms with Crippen LogP contribution in [0.1, 0.15) is 22.3 Å². The van der Waals surface area contributed by atoms with Gasteiger partial charge in [0, 0.05) is 6.54 Å². The van der Waals surface area contributed by atoms with Gasteiger partial charge in [-0.2, -0.15) is 0 Å². The van der Waals surface area contributed by atoms with E-state index in [1.807, 2.05) is 0 Å². The van der Waals surface area contributed by atoms with Crippen molar-refractivity contribution in [3.63, 3.8) is 0 Å². The third-order valence-corrected chi connectivity index (χ3v) is 3.21. The molecule has 2 aromatic carbocycles. The van der Waals surface area contributed by atoms with E-state index in [1.54, 1.807) is 0 Å². The van der Waals surface area contributed by atoms with E-state index in [0.29, 0.717) is 6.54 Å². The highest BCUT2D eigenvalue weighted by molar-refractivity contribution is 5.71. The van der Waals surface area contributed by atoms with Crippen LogP contribution >= 0.6 is 0 Å². The second kappa shape index (κ2) is 4.72. The van der Waals surface area contributed by atoms with Crippen LogP contribution in [0, 0.1) is 20.8 Å². The van der Waals surface area contributed by atoms with Crippen molar-refractivity contribution in [3.05, 3.63) is 58.7 Å². The Morgan fingerprint density at radius 1 is 0.824 bits per heavy atom. The third kappa shape index (κ3) is 2.40. The van der Waals surface area contributed by atoms with Gasteiger partial charge in [-0.15, -0.1) is 0 Å². The molecular formula is C16H19N. The fraction of sp³-hybridized carbons (Fsp3) is 0.250. The molecule has 1 heteroatoms. The van der Waals surface area contributed by atoms with Gasteiger partial charge in [0.2, 0.25) is 0 Å². The largest absolute Gasteiger partial charge is 0.326 e. The molecule has 0 saturated carbocycles. The highest BCUT2D eigenvalue weighted by atomic mass is 14.5. The first kappa shape index (κ1) is 11.9. The fourth-order valence-electron chi connectivity index (χ4n) is 2.18. The zero-order valence-corrected chi connectivity index (χ0v) is 10.7. The lowest BCUT2D eigenvalue weighted by atomic mass is 9.94. The third-order valence-electron chi connectivity index (χ3n) is 3.21. The number of aryl methyl sites for hydroxylation is 3. The predicted octanol–water partition coefficient (Wildman–Crippen LogP) is 3.74. The summed E-state index contributed by atoms with van der Waals surface area (Å²) in [6.45, 7) is 7.04. The summed E-state index contributed by atoms with van der Waals surface area (Å²) in [5.74, 6) is 0. The van der Waals surface area contributed by atoms with Gasteiger partial charge >= 0.3 is 0 Å². The van der Waals surface area contributed by atoms with E-state index in [9.17, 15) is 0 Å². The van der Waals surface area contributed by atoms with E-state index in [0.717, 1.165) is 0 Å². The number of hydrogen-bond acceptors (Lipinski definition) is 1. The summed E-state index contributed by atoms with van der Waals surface area (Å²) in [7, 11) is 0. The molecule has 0 unspecified atom stereocenters. The van der Waals surface area contributed by atoms with Gasteiger partial charge in [-0.1, -0.05) is 42.0 Å². The Morgan fingerprint density at radius 3 is 2.24 bits per heavy atom. The van der Waals surface area contributed by atoms with E-state index >= 15 is 0 Å². The lowest BCUT2D eigenvalue weighted by Crippen LogP contribution is -1.97. The number of nitrogens with two attached hydrogens (primary N) is 1. The molecule has 0 spiro atoms. The molecule has 0 bridgehead atoms. The van der Waals surface area contributed by atoms with E-state index in [2.05, 4.69) is 57.2 Å². The minimum Gasteiger partial charge on any atom is -0.326 e. The molecule has 0 radical (unpaired) electrons. The Kier molecular flexibility index (Phi) is 3.30. The lowest BCUT2D eigenvalue weighted by molar-refractivity contribution is 1.07. The van der Waals surface area contributed by atoms with Gasteiger partial charge in [0.1, 0.15) is 0 Å². The molecule has 2 N–H and O–H groups in total. The van der Waals surface area contributed by atoms with Crippen molar-refractivity contribution >= 4 is 0 Å². The number of rotatable bonds is 2. The Hall–Kier alpha value is -1.60. The van der Waals surface area contributed by atoms with Crippen LogP contribution < -0.4 is 5.73 Å². The molecule has 17 heavy (non-hydrogen) atoms. The van der Waals surface area contributed by atoms with Gasteiger partial charge in [0.25, 0.3) is 0 Å². The molecule has 0 amide bonds. The molecule has 0 aliphatic rings. The first-order valence-electron chi connectivity index (χ1n) is 5.99. The van der Waals surface area contributed by atoms with Crippen LogP contribution in [0.3, 0.4) is 0 Å².